The van der Waals surface area contributed by atoms with Gasteiger partial charge < -0.3 is 10.6 Å². The Labute approximate surface area is 117 Å². The van der Waals surface area contributed by atoms with E-state index >= 15 is 0 Å². The maximum atomic E-state index is 5.83. The van der Waals surface area contributed by atoms with Gasteiger partial charge in [0.15, 0.2) is 0 Å². The van der Waals surface area contributed by atoms with E-state index in [2.05, 4.69) is 64.2 Å². The Morgan fingerprint density at radius 2 is 1.83 bits per heavy atom. The summed E-state index contributed by atoms with van der Waals surface area (Å²) in [5.74, 6) is 0. The van der Waals surface area contributed by atoms with Gasteiger partial charge in [0.05, 0.1) is 0 Å². The Hall–Kier alpha value is -1.32. The van der Waals surface area contributed by atoms with Crippen molar-refractivity contribution in [3.05, 3.63) is 58.6 Å². The number of anilines is 2. The lowest BCUT2D eigenvalue weighted by Crippen LogP contribution is -2.18. The lowest BCUT2D eigenvalue weighted by molar-refractivity contribution is 0.982. The van der Waals surface area contributed by atoms with E-state index in [4.69, 9.17) is 5.73 Å². The van der Waals surface area contributed by atoms with Crippen LogP contribution in [0.15, 0.2) is 53.0 Å². The molecular weight excluding hydrogens is 288 g/mol. The third-order valence-electron chi connectivity index (χ3n) is 2.94. The van der Waals surface area contributed by atoms with Crippen LogP contribution in [-0.4, -0.2) is 6.54 Å². The molecule has 0 unspecified atom stereocenters. The second-order valence-corrected chi connectivity index (χ2v) is 4.97. The molecule has 0 aliphatic rings. The largest absolute Gasteiger partial charge is 0.341 e. The average molecular weight is 305 g/mol. The summed E-state index contributed by atoms with van der Waals surface area (Å²) in [4.78, 5) is 2.27. The van der Waals surface area contributed by atoms with Crippen molar-refractivity contribution >= 4 is 27.3 Å². The summed E-state index contributed by atoms with van der Waals surface area (Å²) in [5.41, 5.74) is 9.34. The molecule has 0 aromatic heterocycles. The van der Waals surface area contributed by atoms with Crippen LogP contribution in [0.4, 0.5) is 11.4 Å². The van der Waals surface area contributed by atoms with Crippen LogP contribution in [0.1, 0.15) is 12.5 Å². The van der Waals surface area contributed by atoms with Gasteiger partial charge in [0.25, 0.3) is 0 Å². The number of nitrogens with two attached hydrogens (primary N) is 1. The fourth-order valence-corrected chi connectivity index (χ4v) is 2.41. The van der Waals surface area contributed by atoms with Crippen molar-refractivity contribution in [1.82, 2.24) is 0 Å². The molecule has 0 spiro atoms. The Kier molecular flexibility index (Phi) is 4.39. The number of hydrogen-bond donors (Lipinski definition) is 1. The van der Waals surface area contributed by atoms with Crippen molar-refractivity contribution in [2.24, 2.45) is 5.73 Å². The summed E-state index contributed by atoms with van der Waals surface area (Å²) < 4.78 is 1.07. The smallest absolute Gasteiger partial charge is 0.0467 e. The Balaban J connectivity index is 2.48. The zero-order valence-corrected chi connectivity index (χ0v) is 12.0. The SMILES string of the molecule is CCN(c1ccccc1)c1cc(Br)ccc1CN. The van der Waals surface area contributed by atoms with Gasteiger partial charge in [-0.3, -0.25) is 0 Å². The van der Waals surface area contributed by atoms with E-state index in [1.54, 1.807) is 0 Å². The zero-order chi connectivity index (χ0) is 13.0. The van der Waals surface area contributed by atoms with Crippen LogP contribution in [0.2, 0.25) is 0 Å². The van der Waals surface area contributed by atoms with Crippen molar-refractivity contribution in [2.45, 2.75) is 13.5 Å². The summed E-state index contributed by atoms with van der Waals surface area (Å²) in [6.07, 6.45) is 0. The van der Waals surface area contributed by atoms with E-state index in [0.29, 0.717) is 6.54 Å². The van der Waals surface area contributed by atoms with E-state index in [1.807, 2.05) is 12.1 Å². The first kappa shape index (κ1) is 13.1. The fraction of sp³-hybridized carbons (Fsp3) is 0.200. The highest BCUT2D eigenvalue weighted by atomic mass is 79.9. The molecule has 0 bridgehead atoms. The maximum Gasteiger partial charge on any atom is 0.0467 e. The molecule has 0 aliphatic carbocycles. The van der Waals surface area contributed by atoms with Crippen LogP contribution < -0.4 is 10.6 Å². The Morgan fingerprint density at radius 1 is 1.11 bits per heavy atom. The van der Waals surface area contributed by atoms with Gasteiger partial charge in [-0.05, 0) is 36.8 Å². The number of hydrogen-bond acceptors (Lipinski definition) is 2. The highest BCUT2D eigenvalue weighted by Gasteiger charge is 2.11. The van der Waals surface area contributed by atoms with Crippen LogP contribution >= 0.6 is 15.9 Å². The molecule has 18 heavy (non-hydrogen) atoms. The van der Waals surface area contributed by atoms with Crippen LogP contribution in [0, 0.1) is 0 Å². The summed E-state index contributed by atoms with van der Waals surface area (Å²) >= 11 is 3.53. The normalized spacial score (nSPS) is 10.4. The average Bonchev–Trinajstić information content (AvgIpc) is 2.41. The molecule has 2 aromatic carbocycles. The molecule has 0 atom stereocenters. The van der Waals surface area contributed by atoms with Crippen molar-refractivity contribution in [2.75, 3.05) is 11.4 Å². The molecule has 0 aliphatic heterocycles. The number of benzene rings is 2. The minimum absolute atomic E-state index is 0.548. The van der Waals surface area contributed by atoms with E-state index < -0.39 is 0 Å². The van der Waals surface area contributed by atoms with E-state index in [0.717, 1.165) is 16.6 Å². The van der Waals surface area contributed by atoms with Gasteiger partial charge in [0, 0.05) is 28.9 Å². The number of para-hydroxylation sites is 1. The van der Waals surface area contributed by atoms with Gasteiger partial charge in [0.1, 0.15) is 0 Å². The molecule has 0 heterocycles. The molecule has 0 fully saturated rings. The van der Waals surface area contributed by atoms with E-state index in [1.165, 1.54) is 11.4 Å². The molecule has 3 heteroatoms. The van der Waals surface area contributed by atoms with Crippen molar-refractivity contribution in [3.8, 4) is 0 Å². The maximum absolute atomic E-state index is 5.83. The van der Waals surface area contributed by atoms with Crippen LogP contribution in [0.25, 0.3) is 0 Å². The molecule has 0 saturated carbocycles. The highest BCUT2D eigenvalue weighted by Crippen LogP contribution is 2.30. The fourth-order valence-electron chi connectivity index (χ4n) is 2.06. The second kappa shape index (κ2) is 6.03. The van der Waals surface area contributed by atoms with Gasteiger partial charge in [-0.15, -0.1) is 0 Å². The topological polar surface area (TPSA) is 29.3 Å². The summed E-state index contributed by atoms with van der Waals surface area (Å²) in [6.45, 7) is 3.60. The van der Waals surface area contributed by atoms with E-state index in [-0.39, 0.29) is 0 Å². The minimum Gasteiger partial charge on any atom is -0.341 e. The predicted octanol–water partition coefficient (Wildman–Crippen LogP) is 4.07. The predicted molar refractivity (Wildman–Crippen MR) is 81.2 cm³/mol. The van der Waals surface area contributed by atoms with Gasteiger partial charge >= 0.3 is 0 Å². The molecule has 0 saturated heterocycles. The standard InChI is InChI=1S/C15H17BrN2/c1-2-18(14-6-4-3-5-7-14)15-10-13(16)9-8-12(15)11-17/h3-10H,2,11,17H2,1H3. The Bertz CT molecular complexity index is 511. The van der Waals surface area contributed by atoms with Gasteiger partial charge in [-0.2, -0.15) is 0 Å². The second-order valence-electron chi connectivity index (χ2n) is 4.06. The summed E-state index contributed by atoms with van der Waals surface area (Å²) in [6, 6.07) is 16.6. The van der Waals surface area contributed by atoms with E-state index in [9.17, 15) is 0 Å². The first-order chi connectivity index (χ1) is 8.76. The number of nitrogens with zero attached hydrogens (tertiary/aromatic N) is 1. The van der Waals surface area contributed by atoms with Gasteiger partial charge in [0.2, 0.25) is 0 Å². The molecule has 0 amide bonds. The molecule has 94 valence electrons. The first-order valence-corrected chi connectivity index (χ1v) is 6.86. The quantitative estimate of drug-likeness (QED) is 0.922. The summed E-state index contributed by atoms with van der Waals surface area (Å²) in [5, 5.41) is 0. The lowest BCUT2D eigenvalue weighted by Gasteiger charge is -2.26. The number of halogens is 1. The molecule has 2 N–H and O–H groups in total. The van der Waals surface area contributed by atoms with Crippen LogP contribution in [-0.2, 0) is 6.54 Å². The molecule has 2 aromatic rings. The highest BCUT2D eigenvalue weighted by molar-refractivity contribution is 9.10. The van der Waals surface area contributed by atoms with Crippen LogP contribution in [0.5, 0.6) is 0 Å². The first-order valence-electron chi connectivity index (χ1n) is 6.07. The third-order valence-corrected chi connectivity index (χ3v) is 3.44. The molecule has 2 rings (SSSR count). The zero-order valence-electron chi connectivity index (χ0n) is 10.4. The monoisotopic (exact) mass is 304 g/mol. The van der Waals surface area contributed by atoms with Crippen molar-refractivity contribution in [3.63, 3.8) is 0 Å². The third kappa shape index (κ3) is 2.74. The lowest BCUT2D eigenvalue weighted by atomic mass is 10.1. The number of rotatable bonds is 4. The van der Waals surface area contributed by atoms with Crippen molar-refractivity contribution in [1.29, 1.82) is 0 Å². The molecule has 2 nitrogen and oxygen atoms in total. The van der Waals surface area contributed by atoms with Crippen molar-refractivity contribution < 1.29 is 0 Å². The molecule has 0 radical (unpaired) electrons. The van der Waals surface area contributed by atoms with Gasteiger partial charge in [-0.1, -0.05) is 40.2 Å². The van der Waals surface area contributed by atoms with Crippen LogP contribution in [0.3, 0.4) is 0 Å². The minimum atomic E-state index is 0.548. The molecular formula is C15H17BrN2. The van der Waals surface area contributed by atoms with Gasteiger partial charge in [-0.25, -0.2) is 0 Å². The summed E-state index contributed by atoms with van der Waals surface area (Å²) in [7, 11) is 0. The Morgan fingerprint density at radius 3 is 2.44 bits per heavy atom.